The van der Waals surface area contributed by atoms with Gasteiger partial charge in [-0.05, 0) is 26.8 Å². The molecule has 1 fully saturated rings. The summed E-state index contributed by atoms with van der Waals surface area (Å²) in [5.74, 6) is -2.71. The predicted octanol–water partition coefficient (Wildman–Crippen LogP) is 1.42. The quantitative estimate of drug-likeness (QED) is 0.318. The molecular formula is C18H21N5O10. The summed E-state index contributed by atoms with van der Waals surface area (Å²) in [4.78, 5) is 73.4. The standard InChI is InChI=1S/C18H21N5O10/c1-18(2,3)32-17(27)20-12(16(26)33-21-14(24)6-7-15(21)25)9-19-11-5-4-10(22(28)29)8-13(11)23(30)31/h4-5,8,12,19H,6-7,9H2,1-3H3,(H,20,27)/t12-/m1/s1. The first-order valence-electron chi connectivity index (χ1n) is 9.52. The van der Waals surface area contributed by atoms with E-state index in [0.29, 0.717) is 0 Å². The molecule has 0 aliphatic carbocycles. The average molecular weight is 467 g/mol. The summed E-state index contributed by atoms with van der Waals surface area (Å²) in [6, 6.07) is 1.22. The second-order valence-corrected chi connectivity index (χ2v) is 7.79. The highest BCUT2D eigenvalue weighted by Gasteiger charge is 2.36. The lowest BCUT2D eigenvalue weighted by molar-refractivity contribution is -0.393. The Hall–Kier alpha value is -4.30. The van der Waals surface area contributed by atoms with E-state index in [4.69, 9.17) is 9.57 Å². The van der Waals surface area contributed by atoms with Crippen molar-refractivity contribution in [3.8, 4) is 0 Å². The monoisotopic (exact) mass is 467 g/mol. The maximum absolute atomic E-state index is 12.6. The second kappa shape index (κ2) is 9.88. The van der Waals surface area contributed by atoms with Crippen LogP contribution < -0.4 is 10.6 Å². The molecule has 3 amide bonds. The summed E-state index contributed by atoms with van der Waals surface area (Å²) in [5.41, 5.74) is -2.30. The molecule has 1 atom stereocenters. The third-order valence-electron chi connectivity index (χ3n) is 4.05. The zero-order valence-corrected chi connectivity index (χ0v) is 17.9. The van der Waals surface area contributed by atoms with Gasteiger partial charge in [0.1, 0.15) is 17.3 Å². The van der Waals surface area contributed by atoms with E-state index in [1.807, 2.05) is 0 Å². The second-order valence-electron chi connectivity index (χ2n) is 7.79. The lowest BCUT2D eigenvalue weighted by atomic mass is 10.2. The number of hydrogen-bond acceptors (Lipinski definition) is 11. The number of alkyl carbamates (subject to hydrolysis) is 1. The number of hydroxylamine groups is 2. The minimum Gasteiger partial charge on any atom is -0.444 e. The van der Waals surface area contributed by atoms with Crippen LogP contribution in [0.3, 0.4) is 0 Å². The van der Waals surface area contributed by atoms with Gasteiger partial charge in [0.05, 0.1) is 15.9 Å². The Kier molecular flexibility index (Phi) is 7.48. The highest BCUT2D eigenvalue weighted by atomic mass is 16.7. The van der Waals surface area contributed by atoms with Gasteiger partial charge in [-0.2, -0.15) is 0 Å². The van der Waals surface area contributed by atoms with Crippen molar-refractivity contribution >= 4 is 40.9 Å². The van der Waals surface area contributed by atoms with Gasteiger partial charge in [0, 0.05) is 25.5 Å². The smallest absolute Gasteiger partial charge is 0.408 e. The van der Waals surface area contributed by atoms with E-state index in [1.54, 1.807) is 20.8 Å². The Morgan fingerprint density at radius 3 is 2.24 bits per heavy atom. The third-order valence-corrected chi connectivity index (χ3v) is 4.05. The molecule has 1 saturated heterocycles. The number of carbonyl (C=O) groups is 4. The van der Waals surface area contributed by atoms with E-state index in [1.165, 1.54) is 0 Å². The van der Waals surface area contributed by atoms with Crippen molar-refractivity contribution < 1.29 is 38.6 Å². The lowest BCUT2D eigenvalue weighted by Gasteiger charge is -2.24. The highest BCUT2D eigenvalue weighted by Crippen LogP contribution is 2.29. The van der Waals surface area contributed by atoms with Crippen LogP contribution in [0.5, 0.6) is 0 Å². The van der Waals surface area contributed by atoms with Gasteiger partial charge in [-0.15, -0.1) is 5.06 Å². The van der Waals surface area contributed by atoms with Crippen LogP contribution in [0.1, 0.15) is 33.6 Å². The van der Waals surface area contributed by atoms with Gasteiger partial charge in [-0.25, -0.2) is 9.59 Å². The van der Waals surface area contributed by atoms with Gasteiger partial charge in [-0.3, -0.25) is 29.8 Å². The van der Waals surface area contributed by atoms with Gasteiger partial charge < -0.3 is 20.2 Å². The molecule has 15 nitrogen and oxygen atoms in total. The molecule has 15 heteroatoms. The Bertz CT molecular complexity index is 987. The number of benzene rings is 1. The van der Waals surface area contributed by atoms with E-state index in [9.17, 15) is 39.4 Å². The number of ether oxygens (including phenoxy) is 1. The van der Waals surface area contributed by atoms with Crippen LogP contribution in [0.25, 0.3) is 0 Å². The number of nitrogens with zero attached hydrogens (tertiary/aromatic N) is 3. The fourth-order valence-corrected chi connectivity index (χ4v) is 2.60. The molecule has 1 aliphatic rings. The maximum atomic E-state index is 12.6. The summed E-state index contributed by atoms with van der Waals surface area (Å²) in [7, 11) is 0. The number of nitro benzene ring substituents is 2. The van der Waals surface area contributed by atoms with Gasteiger partial charge in [0.2, 0.25) is 0 Å². The molecule has 0 unspecified atom stereocenters. The summed E-state index contributed by atoms with van der Waals surface area (Å²) in [6.07, 6.45) is -1.34. The number of rotatable bonds is 8. The summed E-state index contributed by atoms with van der Waals surface area (Å²) < 4.78 is 5.07. The van der Waals surface area contributed by atoms with Crippen LogP contribution in [0.4, 0.5) is 21.9 Å². The summed E-state index contributed by atoms with van der Waals surface area (Å²) >= 11 is 0. The molecule has 1 aliphatic heterocycles. The first kappa shape index (κ1) is 25.0. The minimum absolute atomic E-state index is 0.149. The molecule has 2 N–H and O–H groups in total. The van der Waals surface area contributed by atoms with E-state index in [-0.39, 0.29) is 23.6 Å². The van der Waals surface area contributed by atoms with Crippen LogP contribution in [0, 0.1) is 20.2 Å². The topological polar surface area (TPSA) is 200 Å². The van der Waals surface area contributed by atoms with Gasteiger partial charge >= 0.3 is 12.1 Å². The van der Waals surface area contributed by atoms with E-state index in [0.717, 1.165) is 18.2 Å². The Morgan fingerprint density at radius 2 is 1.73 bits per heavy atom. The number of amides is 3. The molecule has 1 aromatic rings. The number of anilines is 1. The zero-order valence-electron chi connectivity index (χ0n) is 17.9. The molecule has 1 heterocycles. The van der Waals surface area contributed by atoms with Crippen LogP contribution >= 0.6 is 0 Å². The SMILES string of the molecule is CC(C)(C)OC(=O)N[C@H](CNc1ccc([N+](=O)[O-])cc1[N+](=O)[O-])C(=O)ON1C(=O)CCC1=O. The lowest BCUT2D eigenvalue weighted by Crippen LogP contribution is -2.50. The van der Waals surface area contributed by atoms with E-state index >= 15 is 0 Å². The maximum Gasteiger partial charge on any atom is 0.408 e. The van der Waals surface area contributed by atoms with Gasteiger partial charge in [-0.1, -0.05) is 0 Å². The first-order chi connectivity index (χ1) is 15.3. The summed E-state index contributed by atoms with van der Waals surface area (Å²) in [6.45, 7) is 4.20. The van der Waals surface area contributed by atoms with Crippen molar-refractivity contribution in [1.82, 2.24) is 10.4 Å². The fourth-order valence-electron chi connectivity index (χ4n) is 2.60. The Morgan fingerprint density at radius 1 is 1.12 bits per heavy atom. The van der Waals surface area contributed by atoms with Crippen molar-refractivity contribution in [1.29, 1.82) is 0 Å². The largest absolute Gasteiger partial charge is 0.444 e. The molecular weight excluding hydrogens is 446 g/mol. The Labute approximate surface area is 186 Å². The highest BCUT2D eigenvalue weighted by molar-refractivity contribution is 6.02. The van der Waals surface area contributed by atoms with Crippen LogP contribution in [0.15, 0.2) is 18.2 Å². The number of nitrogens with one attached hydrogen (secondary N) is 2. The van der Waals surface area contributed by atoms with Crippen LogP contribution in [0.2, 0.25) is 0 Å². The van der Waals surface area contributed by atoms with Crippen molar-refractivity contribution in [2.24, 2.45) is 0 Å². The molecule has 2 rings (SSSR count). The fraction of sp³-hybridized carbons (Fsp3) is 0.444. The molecule has 0 bridgehead atoms. The first-order valence-corrected chi connectivity index (χ1v) is 9.52. The number of carbonyl (C=O) groups excluding carboxylic acids is 4. The number of nitro groups is 2. The van der Waals surface area contributed by atoms with Gasteiger partial charge in [0.15, 0.2) is 0 Å². The number of imide groups is 1. The van der Waals surface area contributed by atoms with E-state index < -0.39 is 63.3 Å². The molecule has 178 valence electrons. The molecule has 33 heavy (non-hydrogen) atoms. The number of hydrogen-bond donors (Lipinski definition) is 2. The van der Waals surface area contributed by atoms with Crippen molar-refractivity contribution in [2.45, 2.75) is 45.3 Å². The number of non-ortho nitro benzene ring substituents is 1. The normalized spacial score (nSPS) is 14.5. The minimum atomic E-state index is -1.56. The average Bonchev–Trinajstić information content (AvgIpc) is 3.01. The predicted molar refractivity (Wildman–Crippen MR) is 109 cm³/mol. The van der Waals surface area contributed by atoms with E-state index in [2.05, 4.69) is 10.6 Å². The summed E-state index contributed by atoms with van der Waals surface area (Å²) in [5, 5.41) is 27.2. The molecule has 0 saturated carbocycles. The third kappa shape index (κ3) is 6.84. The molecule has 1 aromatic carbocycles. The molecule has 0 radical (unpaired) electrons. The zero-order chi connectivity index (χ0) is 24.9. The van der Waals surface area contributed by atoms with Crippen LogP contribution in [-0.2, 0) is 24.0 Å². The molecule has 0 aromatic heterocycles. The van der Waals surface area contributed by atoms with Gasteiger partial charge in [0.25, 0.3) is 23.2 Å². The Balaban J connectivity index is 2.23. The molecule has 0 spiro atoms. The van der Waals surface area contributed by atoms with Crippen molar-refractivity contribution in [2.75, 3.05) is 11.9 Å². The van der Waals surface area contributed by atoms with Crippen molar-refractivity contribution in [3.05, 3.63) is 38.4 Å². The van der Waals surface area contributed by atoms with Crippen LogP contribution in [-0.4, -0.2) is 57.0 Å². The van der Waals surface area contributed by atoms with Crippen molar-refractivity contribution in [3.63, 3.8) is 0 Å².